The third-order valence-electron chi connectivity index (χ3n) is 18.9. The molecule has 2 heterocycles. The smallest absolute Gasteiger partial charge is 0.248 e. The third-order valence-corrected chi connectivity index (χ3v) is 18.9. The van der Waals surface area contributed by atoms with Crippen molar-refractivity contribution in [2.75, 3.05) is 68.5 Å². The summed E-state index contributed by atoms with van der Waals surface area (Å²) in [4.78, 5) is 188. The van der Waals surface area contributed by atoms with E-state index >= 15 is 28.8 Å². The van der Waals surface area contributed by atoms with Gasteiger partial charge in [-0.3, -0.25) is 57.5 Å². The Bertz CT molecular complexity index is 3170. The highest BCUT2D eigenvalue weighted by Crippen LogP contribution is 2.24. The molecule has 2 saturated heterocycles. The zero-order chi connectivity index (χ0) is 77.5. The molecule has 576 valence electrons. The molecule has 0 radical (unpaired) electrons. The highest BCUT2D eigenvalue weighted by molar-refractivity contribution is 6.00. The van der Waals surface area contributed by atoms with E-state index in [1.807, 2.05) is 13.8 Å². The molecule has 2 aromatic carbocycles. The first-order chi connectivity index (χ1) is 48.2. The quantitative estimate of drug-likeness (QED) is 0.107. The molecule has 103 heavy (non-hydrogen) atoms. The zero-order valence-corrected chi connectivity index (χ0v) is 64.0. The molecule has 0 bridgehead atoms. The SMILES string of the molecule is CC(C)C[C@H]1C(=O)N[C@@H](COC(C)(C)C)C(=O)N(C)[C@@H](Cc2ccccc2)C(=O)N(C)[C@@H](C(C)C)C(=O)N[C@H](C(=O)N2CCCCC2)CC(=O)N[C@H](C(C)C)C(=O)N(C)[C@@H](Cc2ccccc2)C(=O)N[C@@H](CCCCC(F)F)C(=O)N(C)[C@@H](CC(C)C)C(=O)N[C@@H]([C@@H](C)O)C(=O)N(C)CC(=O)N1C. The van der Waals surface area contributed by atoms with E-state index in [0.29, 0.717) is 37.1 Å². The first-order valence-electron chi connectivity index (χ1n) is 36.2. The standard InChI is InChI=1S/C75H118F2N12O14/c1-45(2)38-55-65(93)80-54(44-103-75(10,11)12)70(98)87(17)58(41-51-32-24-20-25-33-51)72(100)88(18)64(48(7)8)68(96)79-53(71(99)89-36-28-21-29-37-89)42-60(91)81-62(47(5)6)74(102)86(16)57(40-50-30-22-19-23-31-50)66(94)78-52(34-26-27-35-59(76)77)69(97)85(15)56(39-46(3)4)67(95)82-63(49(9)90)73(101)83(13)43-61(92)84(55)14/h19-20,22-25,30-33,45-49,52-59,62-64,90H,21,26-29,34-44H2,1-18H3,(H,78,94)(H,79,96)(H,80,93)(H,81,91)(H,82,95)/t49-,52+,53+,54+,55+,56+,57+,58+,62-,63+,64+/m1/s1. The minimum absolute atomic E-state index is 0.00863. The lowest BCUT2D eigenvalue weighted by Gasteiger charge is -2.38. The first kappa shape index (κ1) is 87.3. The molecule has 0 aromatic heterocycles. The van der Waals surface area contributed by atoms with Crippen LogP contribution in [0.1, 0.15) is 158 Å². The van der Waals surface area contributed by atoms with Gasteiger partial charge in [0, 0.05) is 74.6 Å². The summed E-state index contributed by atoms with van der Waals surface area (Å²) in [7, 11) is 8.02. The summed E-state index contributed by atoms with van der Waals surface area (Å²) < 4.78 is 33.5. The fourth-order valence-electron chi connectivity index (χ4n) is 12.8. The van der Waals surface area contributed by atoms with Gasteiger partial charge < -0.3 is 70.7 Å². The van der Waals surface area contributed by atoms with Gasteiger partial charge in [0.05, 0.1) is 31.3 Å². The maximum absolute atomic E-state index is 15.5. The second kappa shape index (κ2) is 40.8. The van der Waals surface area contributed by atoms with E-state index in [0.717, 1.165) is 26.0 Å². The van der Waals surface area contributed by atoms with E-state index in [2.05, 4.69) is 26.6 Å². The summed E-state index contributed by atoms with van der Waals surface area (Å²) in [6.45, 7) is 19.8. The van der Waals surface area contributed by atoms with Crippen molar-refractivity contribution < 1.29 is 76.2 Å². The largest absolute Gasteiger partial charge is 0.391 e. The molecule has 2 aromatic rings. The number of benzene rings is 2. The number of aliphatic hydroxyl groups excluding tert-OH is 1. The number of hydrogen-bond acceptors (Lipinski definition) is 14. The van der Waals surface area contributed by atoms with Gasteiger partial charge in [-0.05, 0) is 107 Å². The summed E-state index contributed by atoms with van der Waals surface area (Å²) in [5.74, 6) is -11.6. The molecule has 26 nitrogen and oxygen atoms in total. The topological polar surface area (TPSA) is 317 Å². The van der Waals surface area contributed by atoms with Gasteiger partial charge in [0.15, 0.2) is 0 Å². The predicted octanol–water partition coefficient (Wildman–Crippen LogP) is 4.33. The van der Waals surface area contributed by atoms with Gasteiger partial charge in [-0.15, -0.1) is 0 Å². The molecular formula is C75H118F2N12O14. The molecule has 28 heteroatoms. The second-order valence-corrected chi connectivity index (χ2v) is 30.3. The molecule has 0 unspecified atom stereocenters. The lowest BCUT2D eigenvalue weighted by molar-refractivity contribution is -0.152. The number of unbranched alkanes of at least 4 members (excludes halogenated alkanes) is 1. The number of likely N-dealkylation sites (N-methyl/N-ethyl adjacent to an activating group) is 6. The van der Waals surface area contributed by atoms with Crippen LogP contribution in [0.5, 0.6) is 0 Å². The third kappa shape index (κ3) is 26.5. The number of nitrogens with one attached hydrogen (secondary N) is 5. The number of amides is 12. The van der Waals surface area contributed by atoms with E-state index in [1.54, 1.807) is 128 Å². The number of halogens is 2. The number of piperidine rings is 1. The van der Waals surface area contributed by atoms with Gasteiger partial charge in [-0.2, -0.15) is 0 Å². The minimum atomic E-state index is -2.68. The Balaban J connectivity index is 2.00. The van der Waals surface area contributed by atoms with Crippen molar-refractivity contribution in [3.8, 4) is 0 Å². The summed E-state index contributed by atoms with van der Waals surface area (Å²) in [6.07, 6.45) is -3.94. The average Bonchev–Trinajstić information content (AvgIpc) is 0.814. The molecule has 12 amide bonds. The number of nitrogens with zero attached hydrogens (tertiary/aromatic N) is 7. The summed E-state index contributed by atoms with van der Waals surface area (Å²) in [6, 6.07) is 2.85. The monoisotopic (exact) mass is 1450 g/mol. The average molecular weight is 1450 g/mol. The number of ether oxygens (including phenoxy) is 1. The highest BCUT2D eigenvalue weighted by Gasteiger charge is 2.44. The number of aliphatic hydroxyl groups is 1. The molecule has 11 atom stereocenters. The summed E-state index contributed by atoms with van der Waals surface area (Å²) in [5, 5.41) is 25.0. The van der Waals surface area contributed by atoms with Crippen LogP contribution in [0.2, 0.25) is 0 Å². The number of carbonyl (C=O) groups is 12. The minimum Gasteiger partial charge on any atom is -0.391 e. The van der Waals surface area contributed by atoms with Crippen molar-refractivity contribution in [3.63, 3.8) is 0 Å². The number of carbonyl (C=O) groups excluding carboxylic acids is 12. The van der Waals surface area contributed by atoms with Crippen LogP contribution in [0.15, 0.2) is 60.7 Å². The van der Waals surface area contributed by atoms with E-state index in [-0.39, 0.29) is 56.8 Å². The molecule has 2 aliphatic heterocycles. The number of hydrogen-bond donors (Lipinski definition) is 6. The van der Waals surface area contributed by atoms with Crippen LogP contribution in [0.25, 0.3) is 0 Å². The maximum atomic E-state index is 15.5. The van der Waals surface area contributed by atoms with E-state index in [1.165, 1.54) is 59.0 Å². The normalized spacial score (nSPS) is 24.8. The van der Waals surface area contributed by atoms with Gasteiger partial charge >= 0.3 is 0 Å². The van der Waals surface area contributed by atoms with Crippen LogP contribution in [0.4, 0.5) is 8.78 Å². The Kier molecular flexibility index (Phi) is 34.6. The van der Waals surface area contributed by atoms with Gasteiger partial charge in [-0.25, -0.2) is 8.78 Å². The Morgan fingerprint density at radius 1 is 0.534 bits per heavy atom. The number of likely N-dealkylation sites (tertiary alicyclic amines) is 1. The Morgan fingerprint density at radius 2 is 1.02 bits per heavy atom. The van der Waals surface area contributed by atoms with E-state index in [9.17, 15) is 42.7 Å². The van der Waals surface area contributed by atoms with E-state index < -0.39 is 187 Å². The Hall–Kier alpha value is -8.14. The summed E-state index contributed by atoms with van der Waals surface area (Å²) >= 11 is 0. The van der Waals surface area contributed by atoms with E-state index in [4.69, 9.17) is 4.74 Å². The zero-order valence-electron chi connectivity index (χ0n) is 64.0. The Labute approximate surface area is 608 Å². The van der Waals surface area contributed by atoms with Crippen molar-refractivity contribution >= 4 is 70.9 Å². The van der Waals surface area contributed by atoms with Crippen LogP contribution in [0.3, 0.4) is 0 Å². The van der Waals surface area contributed by atoms with Crippen LogP contribution >= 0.6 is 0 Å². The van der Waals surface area contributed by atoms with Gasteiger partial charge in [0.2, 0.25) is 77.3 Å². The molecule has 0 saturated carbocycles. The Morgan fingerprint density at radius 3 is 1.52 bits per heavy atom. The number of alkyl halides is 2. The van der Waals surface area contributed by atoms with Crippen LogP contribution in [-0.4, -0.2) is 257 Å². The predicted molar refractivity (Wildman–Crippen MR) is 386 cm³/mol. The molecule has 2 aliphatic rings. The lowest BCUT2D eigenvalue weighted by Crippen LogP contribution is -2.62. The highest BCUT2D eigenvalue weighted by atomic mass is 19.3. The van der Waals surface area contributed by atoms with Gasteiger partial charge in [0.1, 0.15) is 60.4 Å². The summed E-state index contributed by atoms with van der Waals surface area (Å²) in [5.41, 5.74) is 0.308. The maximum Gasteiger partial charge on any atom is 0.248 e. The second-order valence-electron chi connectivity index (χ2n) is 30.3. The van der Waals surface area contributed by atoms with Crippen molar-refractivity contribution in [2.45, 2.75) is 239 Å². The fraction of sp³-hybridized carbons (Fsp3) is 0.680. The number of rotatable bonds is 19. The van der Waals surface area contributed by atoms with Crippen molar-refractivity contribution in [3.05, 3.63) is 71.8 Å². The van der Waals surface area contributed by atoms with Crippen molar-refractivity contribution in [2.24, 2.45) is 23.7 Å². The molecule has 2 fully saturated rings. The molecule has 0 spiro atoms. The first-order valence-corrected chi connectivity index (χ1v) is 36.2. The van der Waals surface area contributed by atoms with Crippen molar-refractivity contribution in [1.82, 2.24) is 60.9 Å². The molecule has 4 rings (SSSR count). The van der Waals surface area contributed by atoms with Crippen molar-refractivity contribution in [1.29, 1.82) is 0 Å². The lowest BCUT2D eigenvalue weighted by atomic mass is 9.97. The van der Waals surface area contributed by atoms with Gasteiger partial charge in [-0.1, -0.05) is 122 Å². The van der Waals surface area contributed by atoms with Gasteiger partial charge in [0.25, 0.3) is 0 Å². The van der Waals surface area contributed by atoms with Crippen LogP contribution in [0, 0.1) is 23.7 Å². The molecular weight excluding hydrogens is 1330 g/mol. The fourth-order valence-corrected chi connectivity index (χ4v) is 12.8. The van der Waals surface area contributed by atoms with Crippen LogP contribution < -0.4 is 26.6 Å². The molecule has 6 N–H and O–H groups in total. The van der Waals surface area contributed by atoms with Crippen LogP contribution in [-0.2, 0) is 75.1 Å². The molecule has 0 aliphatic carbocycles.